The van der Waals surface area contributed by atoms with Gasteiger partial charge in [0.05, 0.1) is 0 Å². The molecular formula is C17H29NS. The molecule has 108 valence electrons. The van der Waals surface area contributed by atoms with Gasteiger partial charge in [-0.15, -0.1) is 11.3 Å². The van der Waals surface area contributed by atoms with Crippen LogP contribution in [0.5, 0.6) is 0 Å². The zero-order valence-electron chi connectivity index (χ0n) is 12.7. The third-order valence-corrected chi connectivity index (χ3v) is 5.71. The maximum atomic E-state index is 3.88. The van der Waals surface area contributed by atoms with Gasteiger partial charge in [0.1, 0.15) is 0 Å². The molecule has 1 aliphatic rings. The summed E-state index contributed by atoms with van der Waals surface area (Å²) in [6.07, 6.45) is 7.90. The number of hydrogen-bond acceptors (Lipinski definition) is 2. The Balaban J connectivity index is 2.19. The molecule has 0 fully saturated rings. The third kappa shape index (κ3) is 3.41. The van der Waals surface area contributed by atoms with Crippen molar-refractivity contribution in [3.63, 3.8) is 0 Å². The standard InChI is InChI=1S/C17H29NS/c1-4-11-18-17(13(5-2)6-3)15-8-7-9-16-14(15)10-12-19-16/h10,12-13,15,17-18H,4-9,11H2,1-3H3. The van der Waals surface area contributed by atoms with Crippen molar-refractivity contribution in [1.82, 2.24) is 5.32 Å². The van der Waals surface area contributed by atoms with Gasteiger partial charge in [-0.2, -0.15) is 0 Å². The second-order valence-electron chi connectivity index (χ2n) is 5.85. The monoisotopic (exact) mass is 279 g/mol. The van der Waals surface area contributed by atoms with Gasteiger partial charge >= 0.3 is 0 Å². The molecule has 2 atom stereocenters. The van der Waals surface area contributed by atoms with E-state index in [1.54, 1.807) is 10.4 Å². The molecule has 0 aliphatic heterocycles. The van der Waals surface area contributed by atoms with Gasteiger partial charge in [-0.1, -0.05) is 33.6 Å². The van der Waals surface area contributed by atoms with Gasteiger partial charge < -0.3 is 5.32 Å². The van der Waals surface area contributed by atoms with Crippen LogP contribution in [-0.2, 0) is 6.42 Å². The molecule has 1 heterocycles. The van der Waals surface area contributed by atoms with Crippen LogP contribution in [0.4, 0.5) is 0 Å². The van der Waals surface area contributed by atoms with Crippen LogP contribution in [0.2, 0.25) is 0 Å². The molecule has 2 heteroatoms. The maximum Gasteiger partial charge on any atom is 0.0164 e. The molecule has 1 aliphatic carbocycles. The highest BCUT2D eigenvalue weighted by atomic mass is 32.1. The third-order valence-electron chi connectivity index (χ3n) is 4.72. The quantitative estimate of drug-likeness (QED) is 0.743. The van der Waals surface area contributed by atoms with Crippen molar-refractivity contribution >= 4 is 11.3 Å². The number of thiophene rings is 1. The lowest BCUT2D eigenvalue weighted by Gasteiger charge is -2.36. The van der Waals surface area contributed by atoms with Gasteiger partial charge in [-0.05, 0) is 55.2 Å². The lowest BCUT2D eigenvalue weighted by molar-refractivity contribution is 0.274. The van der Waals surface area contributed by atoms with E-state index in [0.717, 1.165) is 18.4 Å². The van der Waals surface area contributed by atoms with E-state index in [4.69, 9.17) is 0 Å². The Bertz CT molecular complexity index is 367. The highest BCUT2D eigenvalue weighted by molar-refractivity contribution is 7.10. The summed E-state index contributed by atoms with van der Waals surface area (Å²) < 4.78 is 0. The summed E-state index contributed by atoms with van der Waals surface area (Å²) in [4.78, 5) is 1.66. The van der Waals surface area contributed by atoms with Crippen LogP contribution in [-0.4, -0.2) is 12.6 Å². The van der Waals surface area contributed by atoms with Crippen molar-refractivity contribution in [2.75, 3.05) is 6.54 Å². The van der Waals surface area contributed by atoms with Gasteiger partial charge in [0.25, 0.3) is 0 Å². The van der Waals surface area contributed by atoms with Crippen LogP contribution in [0.1, 0.15) is 69.2 Å². The first-order valence-corrected chi connectivity index (χ1v) is 8.99. The molecule has 19 heavy (non-hydrogen) atoms. The van der Waals surface area contributed by atoms with E-state index in [1.165, 1.54) is 38.5 Å². The summed E-state index contributed by atoms with van der Waals surface area (Å²) in [5.41, 5.74) is 1.66. The molecule has 1 aromatic rings. The second kappa shape index (κ2) is 7.44. The summed E-state index contributed by atoms with van der Waals surface area (Å²) in [5.74, 6) is 1.58. The topological polar surface area (TPSA) is 12.0 Å². The van der Waals surface area contributed by atoms with E-state index in [-0.39, 0.29) is 0 Å². The zero-order chi connectivity index (χ0) is 13.7. The normalized spacial score (nSPS) is 20.5. The van der Waals surface area contributed by atoms with E-state index in [9.17, 15) is 0 Å². The minimum Gasteiger partial charge on any atom is -0.313 e. The van der Waals surface area contributed by atoms with Crippen molar-refractivity contribution in [2.24, 2.45) is 5.92 Å². The lowest BCUT2D eigenvalue weighted by Crippen LogP contribution is -2.42. The zero-order valence-corrected chi connectivity index (χ0v) is 13.6. The average molecular weight is 279 g/mol. The minimum atomic E-state index is 0.684. The average Bonchev–Trinajstić information content (AvgIpc) is 2.92. The van der Waals surface area contributed by atoms with E-state index in [1.807, 2.05) is 11.3 Å². The predicted octanol–water partition coefficient (Wildman–Crippen LogP) is 4.97. The van der Waals surface area contributed by atoms with Gasteiger partial charge in [0.2, 0.25) is 0 Å². The van der Waals surface area contributed by atoms with Crippen LogP contribution < -0.4 is 5.32 Å². The van der Waals surface area contributed by atoms with Crippen molar-refractivity contribution in [3.8, 4) is 0 Å². The number of nitrogens with one attached hydrogen (secondary N) is 1. The van der Waals surface area contributed by atoms with E-state index >= 15 is 0 Å². The summed E-state index contributed by atoms with van der Waals surface area (Å²) in [6.45, 7) is 8.14. The van der Waals surface area contributed by atoms with Crippen LogP contribution in [0.15, 0.2) is 11.4 Å². The Kier molecular flexibility index (Phi) is 5.90. The molecule has 1 aromatic heterocycles. The van der Waals surface area contributed by atoms with E-state index in [0.29, 0.717) is 6.04 Å². The molecule has 0 saturated heterocycles. The molecular weight excluding hydrogens is 250 g/mol. The fraction of sp³-hybridized carbons (Fsp3) is 0.765. The fourth-order valence-corrected chi connectivity index (χ4v) is 4.64. The Hall–Kier alpha value is -0.340. The van der Waals surface area contributed by atoms with Crippen molar-refractivity contribution in [1.29, 1.82) is 0 Å². The van der Waals surface area contributed by atoms with Gasteiger partial charge in [0, 0.05) is 16.8 Å². The molecule has 1 N–H and O–H groups in total. The molecule has 0 spiro atoms. The predicted molar refractivity (Wildman–Crippen MR) is 86.2 cm³/mol. The lowest BCUT2D eigenvalue weighted by atomic mass is 9.76. The Morgan fingerprint density at radius 2 is 2.11 bits per heavy atom. The largest absolute Gasteiger partial charge is 0.313 e. The number of hydrogen-bond donors (Lipinski definition) is 1. The molecule has 0 aromatic carbocycles. The van der Waals surface area contributed by atoms with Crippen LogP contribution in [0, 0.1) is 5.92 Å². The van der Waals surface area contributed by atoms with Gasteiger partial charge in [-0.25, -0.2) is 0 Å². The van der Waals surface area contributed by atoms with Crippen LogP contribution >= 0.6 is 11.3 Å². The molecule has 0 bridgehead atoms. The minimum absolute atomic E-state index is 0.684. The number of fused-ring (bicyclic) bond motifs is 1. The number of aryl methyl sites for hydroxylation is 1. The first kappa shape index (κ1) is 15.1. The maximum absolute atomic E-state index is 3.88. The molecule has 0 radical (unpaired) electrons. The van der Waals surface area contributed by atoms with Gasteiger partial charge in [0.15, 0.2) is 0 Å². The van der Waals surface area contributed by atoms with Crippen molar-refractivity contribution < 1.29 is 0 Å². The molecule has 1 nitrogen and oxygen atoms in total. The van der Waals surface area contributed by atoms with Gasteiger partial charge in [-0.3, -0.25) is 0 Å². The van der Waals surface area contributed by atoms with Crippen LogP contribution in [0.25, 0.3) is 0 Å². The van der Waals surface area contributed by atoms with Crippen molar-refractivity contribution in [2.45, 2.75) is 71.3 Å². The first-order valence-electron chi connectivity index (χ1n) is 8.11. The molecule has 2 rings (SSSR count). The first-order chi connectivity index (χ1) is 9.31. The SMILES string of the molecule is CCCNC(C(CC)CC)C1CCCc2sccc21. The summed E-state index contributed by atoms with van der Waals surface area (Å²) in [6, 6.07) is 3.08. The summed E-state index contributed by atoms with van der Waals surface area (Å²) in [7, 11) is 0. The van der Waals surface area contributed by atoms with E-state index in [2.05, 4.69) is 37.5 Å². The molecule has 0 amide bonds. The summed E-state index contributed by atoms with van der Waals surface area (Å²) in [5, 5.41) is 6.17. The van der Waals surface area contributed by atoms with Crippen molar-refractivity contribution in [3.05, 3.63) is 21.9 Å². The van der Waals surface area contributed by atoms with Crippen LogP contribution in [0.3, 0.4) is 0 Å². The Morgan fingerprint density at radius 3 is 2.79 bits per heavy atom. The summed E-state index contributed by atoms with van der Waals surface area (Å²) >= 11 is 1.97. The smallest absolute Gasteiger partial charge is 0.0164 e. The fourth-order valence-electron chi connectivity index (χ4n) is 3.64. The highest BCUT2D eigenvalue weighted by Crippen LogP contribution is 2.39. The molecule has 0 saturated carbocycles. The number of rotatable bonds is 7. The van der Waals surface area contributed by atoms with E-state index < -0.39 is 0 Å². The molecule has 2 unspecified atom stereocenters. The highest BCUT2D eigenvalue weighted by Gasteiger charge is 2.31. The Morgan fingerprint density at radius 1 is 1.32 bits per heavy atom. The Labute approximate surface area is 122 Å². The second-order valence-corrected chi connectivity index (χ2v) is 6.85.